The Hall–Kier alpha value is -0.860. The number of benzene rings is 1. The first-order valence-electron chi connectivity index (χ1n) is 6.76. The van der Waals surface area contributed by atoms with Crippen molar-refractivity contribution in [2.45, 2.75) is 39.2 Å². The van der Waals surface area contributed by atoms with Gasteiger partial charge in [-0.05, 0) is 12.0 Å². The van der Waals surface area contributed by atoms with Gasteiger partial charge in [-0.3, -0.25) is 0 Å². The molecule has 0 aliphatic carbocycles. The van der Waals surface area contributed by atoms with Crippen LogP contribution in [-0.4, -0.2) is 19.8 Å². The molecular weight excluding hydrogens is 210 g/mol. The van der Waals surface area contributed by atoms with Crippen LogP contribution in [0, 0.1) is 0 Å². The summed E-state index contributed by atoms with van der Waals surface area (Å²) in [5.74, 6) is 0. The van der Waals surface area contributed by atoms with E-state index in [0.717, 1.165) is 26.3 Å². The minimum atomic E-state index is 0.818. The highest BCUT2D eigenvalue weighted by molar-refractivity contribution is 5.14. The van der Waals surface area contributed by atoms with Crippen LogP contribution in [0.25, 0.3) is 0 Å². The van der Waals surface area contributed by atoms with Gasteiger partial charge in [0.15, 0.2) is 0 Å². The second-order valence-electron chi connectivity index (χ2n) is 4.34. The molecule has 0 amide bonds. The van der Waals surface area contributed by atoms with Gasteiger partial charge in [0.05, 0.1) is 6.61 Å². The van der Waals surface area contributed by atoms with E-state index in [4.69, 9.17) is 4.74 Å². The minimum absolute atomic E-state index is 0.818. The fraction of sp³-hybridized carbons (Fsp3) is 0.600. The molecule has 0 heterocycles. The molecule has 0 aliphatic rings. The molecule has 1 N–H and O–H groups in total. The lowest BCUT2D eigenvalue weighted by atomic mass is 10.2. The van der Waals surface area contributed by atoms with Crippen LogP contribution < -0.4 is 5.32 Å². The molecule has 0 atom stereocenters. The summed E-state index contributed by atoms with van der Waals surface area (Å²) in [6.07, 6.45) is 5.12. The number of unbranched alkanes of at least 4 members (excludes halogenated alkanes) is 3. The molecule has 0 spiro atoms. The SMILES string of the molecule is CCCCCCOCCNCc1ccccc1. The fourth-order valence-corrected chi connectivity index (χ4v) is 1.71. The van der Waals surface area contributed by atoms with E-state index in [-0.39, 0.29) is 0 Å². The van der Waals surface area contributed by atoms with E-state index in [9.17, 15) is 0 Å². The number of hydrogen-bond acceptors (Lipinski definition) is 2. The number of ether oxygens (including phenoxy) is 1. The molecular formula is C15H25NO. The number of hydrogen-bond donors (Lipinski definition) is 1. The van der Waals surface area contributed by atoms with Crippen molar-refractivity contribution in [1.82, 2.24) is 5.32 Å². The molecule has 1 rings (SSSR count). The van der Waals surface area contributed by atoms with Gasteiger partial charge in [-0.1, -0.05) is 56.5 Å². The van der Waals surface area contributed by atoms with Crippen molar-refractivity contribution < 1.29 is 4.74 Å². The predicted molar refractivity (Wildman–Crippen MR) is 73.1 cm³/mol. The van der Waals surface area contributed by atoms with Gasteiger partial charge in [0, 0.05) is 19.7 Å². The van der Waals surface area contributed by atoms with Gasteiger partial charge in [0.1, 0.15) is 0 Å². The van der Waals surface area contributed by atoms with Crippen LogP contribution in [0.1, 0.15) is 38.2 Å². The van der Waals surface area contributed by atoms with Crippen molar-refractivity contribution in [3.8, 4) is 0 Å². The maximum Gasteiger partial charge on any atom is 0.0591 e. The Morgan fingerprint density at radius 1 is 1.00 bits per heavy atom. The van der Waals surface area contributed by atoms with Gasteiger partial charge in [-0.15, -0.1) is 0 Å². The molecule has 0 bridgehead atoms. The first kappa shape index (κ1) is 14.2. The lowest BCUT2D eigenvalue weighted by Gasteiger charge is -2.06. The zero-order valence-corrected chi connectivity index (χ0v) is 11.0. The number of rotatable bonds is 10. The standard InChI is InChI=1S/C15H25NO/c1-2-3-4-8-12-17-13-11-16-14-15-9-6-5-7-10-15/h5-7,9-10,16H,2-4,8,11-14H2,1H3. The Balaban J connectivity index is 1.85. The second-order valence-corrected chi connectivity index (χ2v) is 4.34. The average Bonchev–Trinajstić information content (AvgIpc) is 2.38. The number of nitrogens with one attached hydrogen (secondary N) is 1. The Kier molecular flexibility index (Phi) is 8.61. The van der Waals surface area contributed by atoms with Crippen molar-refractivity contribution >= 4 is 0 Å². The summed E-state index contributed by atoms with van der Waals surface area (Å²) in [4.78, 5) is 0. The highest BCUT2D eigenvalue weighted by Crippen LogP contribution is 1.99. The average molecular weight is 235 g/mol. The highest BCUT2D eigenvalue weighted by atomic mass is 16.5. The van der Waals surface area contributed by atoms with Gasteiger partial charge in [-0.2, -0.15) is 0 Å². The van der Waals surface area contributed by atoms with Gasteiger partial charge < -0.3 is 10.1 Å². The summed E-state index contributed by atoms with van der Waals surface area (Å²) in [7, 11) is 0. The summed E-state index contributed by atoms with van der Waals surface area (Å²) in [6, 6.07) is 10.5. The molecule has 2 heteroatoms. The first-order chi connectivity index (χ1) is 8.43. The fourth-order valence-electron chi connectivity index (χ4n) is 1.71. The molecule has 0 radical (unpaired) electrons. The van der Waals surface area contributed by atoms with Crippen LogP contribution in [0.5, 0.6) is 0 Å². The lowest BCUT2D eigenvalue weighted by Crippen LogP contribution is -2.19. The van der Waals surface area contributed by atoms with Crippen LogP contribution in [0.3, 0.4) is 0 Å². The monoisotopic (exact) mass is 235 g/mol. The van der Waals surface area contributed by atoms with Crippen molar-refractivity contribution in [3.05, 3.63) is 35.9 Å². The van der Waals surface area contributed by atoms with E-state index in [1.165, 1.54) is 31.2 Å². The molecule has 1 aromatic rings. The Morgan fingerprint density at radius 2 is 1.82 bits per heavy atom. The molecule has 0 saturated heterocycles. The Labute approximate surface area is 105 Å². The molecule has 0 saturated carbocycles. The van der Waals surface area contributed by atoms with Crippen molar-refractivity contribution in [3.63, 3.8) is 0 Å². The first-order valence-corrected chi connectivity index (χ1v) is 6.76. The predicted octanol–water partition coefficient (Wildman–Crippen LogP) is 3.37. The molecule has 17 heavy (non-hydrogen) atoms. The van der Waals surface area contributed by atoms with E-state index in [1.807, 2.05) is 6.07 Å². The summed E-state index contributed by atoms with van der Waals surface area (Å²) in [6.45, 7) is 5.82. The van der Waals surface area contributed by atoms with Crippen LogP contribution in [0.2, 0.25) is 0 Å². The Bertz CT molecular complexity index is 261. The Morgan fingerprint density at radius 3 is 2.59 bits per heavy atom. The summed E-state index contributed by atoms with van der Waals surface area (Å²) in [5.41, 5.74) is 1.33. The van der Waals surface area contributed by atoms with Crippen molar-refractivity contribution in [2.75, 3.05) is 19.8 Å². The smallest absolute Gasteiger partial charge is 0.0591 e. The molecule has 96 valence electrons. The van der Waals surface area contributed by atoms with Crippen LogP contribution in [0.15, 0.2) is 30.3 Å². The third-order valence-electron chi connectivity index (χ3n) is 2.74. The molecule has 0 aromatic heterocycles. The third-order valence-corrected chi connectivity index (χ3v) is 2.74. The molecule has 0 fully saturated rings. The quantitative estimate of drug-likeness (QED) is 0.628. The van der Waals surface area contributed by atoms with Crippen LogP contribution in [-0.2, 0) is 11.3 Å². The molecule has 2 nitrogen and oxygen atoms in total. The lowest BCUT2D eigenvalue weighted by molar-refractivity contribution is 0.131. The summed E-state index contributed by atoms with van der Waals surface area (Å²) in [5, 5.41) is 3.38. The second kappa shape index (κ2) is 10.3. The van der Waals surface area contributed by atoms with Crippen LogP contribution in [0.4, 0.5) is 0 Å². The van der Waals surface area contributed by atoms with Gasteiger partial charge in [0.2, 0.25) is 0 Å². The molecule has 1 aromatic carbocycles. The van der Waals surface area contributed by atoms with Crippen LogP contribution >= 0.6 is 0 Å². The zero-order chi connectivity index (χ0) is 12.2. The molecule has 0 unspecified atom stereocenters. The zero-order valence-electron chi connectivity index (χ0n) is 11.0. The van der Waals surface area contributed by atoms with E-state index in [1.54, 1.807) is 0 Å². The highest BCUT2D eigenvalue weighted by Gasteiger charge is 1.92. The van der Waals surface area contributed by atoms with E-state index in [0.29, 0.717) is 0 Å². The minimum Gasteiger partial charge on any atom is -0.380 e. The normalized spacial score (nSPS) is 10.6. The van der Waals surface area contributed by atoms with E-state index in [2.05, 4.69) is 36.5 Å². The van der Waals surface area contributed by atoms with Crippen molar-refractivity contribution in [2.24, 2.45) is 0 Å². The largest absolute Gasteiger partial charge is 0.380 e. The maximum atomic E-state index is 5.56. The summed E-state index contributed by atoms with van der Waals surface area (Å²) < 4.78 is 5.56. The van der Waals surface area contributed by atoms with Crippen molar-refractivity contribution in [1.29, 1.82) is 0 Å². The summed E-state index contributed by atoms with van der Waals surface area (Å²) >= 11 is 0. The van der Waals surface area contributed by atoms with Gasteiger partial charge >= 0.3 is 0 Å². The third kappa shape index (κ3) is 7.94. The maximum absolute atomic E-state index is 5.56. The van der Waals surface area contributed by atoms with E-state index < -0.39 is 0 Å². The van der Waals surface area contributed by atoms with E-state index >= 15 is 0 Å². The molecule has 0 aliphatic heterocycles. The van der Waals surface area contributed by atoms with Gasteiger partial charge in [-0.25, -0.2) is 0 Å². The topological polar surface area (TPSA) is 21.3 Å². The van der Waals surface area contributed by atoms with Gasteiger partial charge in [0.25, 0.3) is 0 Å².